The Bertz CT molecular complexity index is 1110. The van der Waals surface area contributed by atoms with Gasteiger partial charge in [0.25, 0.3) is 10.2 Å². The second kappa shape index (κ2) is 9.44. The Labute approximate surface area is 192 Å². The molecule has 172 valence electrons. The van der Waals surface area contributed by atoms with Crippen molar-refractivity contribution >= 4 is 33.3 Å². The lowest BCUT2D eigenvalue weighted by Crippen LogP contribution is -2.55. The van der Waals surface area contributed by atoms with Crippen LogP contribution in [0.15, 0.2) is 42.5 Å². The highest BCUT2D eigenvalue weighted by molar-refractivity contribution is 7.87. The number of carbonyl (C=O) groups is 1. The van der Waals surface area contributed by atoms with Crippen molar-refractivity contribution in [1.29, 1.82) is 0 Å². The van der Waals surface area contributed by atoms with Crippen LogP contribution in [0.25, 0.3) is 0 Å². The molecule has 0 spiro atoms. The maximum absolute atomic E-state index is 13.4. The summed E-state index contributed by atoms with van der Waals surface area (Å²) in [7, 11) is -2.46. The van der Waals surface area contributed by atoms with Crippen molar-refractivity contribution in [1.82, 2.24) is 9.03 Å². The van der Waals surface area contributed by atoms with Crippen molar-refractivity contribution in [3.63, 3.8) is 0 Å². The van der Waals surface area contributed by atoms with Crippen molar-refractivity contribution in [3.05, 3.63) is 64.4 Å². The smallest absolute Gasteiger partial charge is 0.280 e. The fourth-order valence-corrected chi connectivity index (χ4v) is 5.62. The maximum atomic E-state index is 13.4. The number of benzene rings is 2. The normalized spacial score (nSPS) is 23.8. The molecule has 0 amide bonds. The van der Waals surface area contributed by atoms with Crippen molar-refractivity contribution in [3.8, 4) is 0 Å². The van der Waals surface area contributed by atoms with E-state index in [0.717, 1.165) is 28.6 Å². The summed E-state index contributed by atoms with van der Waals surface area (Å²) in [6, 6.07) is 10.4. The third-order valence-corrected chi connectivity index (χ3v) is 7.84. The van der Waals surface area contributed by atoms with Gasteiger partial charge in [-0.1, -0.05) is 29.8 Å². The largest absolute Gasteiger partial charge is 0.378 e. The van der Waals surface area contributed by atoms with Crippen LogP contribution in [0, 0.1) is 5.82 Å². The molecule has 0 saturated carbocycles. The minimum Gasteiger partial charge on any atom is -0.378 e. The molecule has 0 radical (unpaired) electrons. The molecular weight excluding hydrogens is 457 g/mol. The molecule has 7 nitrogen and oxygen atoms in total. The second-order valence-electron chi connectivity index (χ2n) is 8.03. The third kappa shape index (κ3) is 4.97. The lowest BCUT2D eigenvalue weighted by molar-refractivity contribution is -0.122. The lowest BCUT2D eigenvalue weighted by atomic mass is 9.94. The second-order valence-corrected chi connectivity index (χ2v) is 10.2. The highest BCUT2D eigenvalue weighted by Gasteiger charge is 2.40. The molecule has 2 aromatic rings. The molecule has 2 saturated heterocycles. The van der Waals surface area contributed by atoms with Crippen LogP contribution in [0.3, 0.4) is 0 Å². The van der Waals surface area contributed by atoms with Gasteiger partial charge in [0.05, 0.1) is 24.3 Å². The zero-order valence-electron chi connectivity index (χ0n) is 17.6. The van der Waals surface area contributed by atoms with E-state index in [4.69, 9.17) is 16.3 Å². The maximum Gasteiger partial charge on any atom is 0.280 e. The molecule has 2 atom stereocenters. The number of morpholine rings is 1. The number of carbonyl (C=O) groups excluding carboxylic acids is 1. The third-order valence-electron chi connectivity index (χ3n) is 5.95. The van der Waals surface area contributed by atoms with Gasteiger partial charge in [-0.05, 0) is 41.8 Å². The first-order valence-electron chi connectivity index (χ1n) is 10.4. The monoisotopic (exact) mass is 481 g/mol. The number of nitrogens with zero attached hydrogens (tertiary/aromatic N) is 2. The first kappa shape index (κ1) is 23.1. The van der Waals surface area contributed by atoms with E-state index in [1.54, 1.807) is 0 Å². The van der Waals surface area contributed by atoms with Crippen LogP contribution in [0.1, 0.15) is 23.6 Å². The molecular formula is C22H25ClFN3O4S. The molecule has 2 fully saturated rings. The van der Waals surface area contributed by atoms with Crippen LogP contribution >= 0.6 is 11.6 Å². The van der Waals surface area contributed by atoms with Gasteiger partial charge in [-0.2, -0.15) is 17.4 Å². The molecule has 0 aliphatic carbocycles. The van der Waals surface area contributed by atoms with Crippen molar-refractivity contribution in [2.45, 2.75) is 24.9 Å². The van der Waals surface area contributed by atoms with E-state index < -0.39 is 28.1 Å². The predicted octanol–water partition coefficient (Wildman–Crippen LogP) is 2.71. The number of nitrogens with one attached hydrogen (secondary N) is 1. The van der Waals surface area contributed by atoms with Crippen molar-refractivity contribution in [2.75, 3.05) is 38.3 Å². The van der Waals surface area contributed by atoms with Gasteiger partial charge in [0.1, 0.15) is 5.82 Å². The van der Waals surface area contributed by atoms with Gasteiger partial charge in [0, 0.05) is 38.3 Å². The fourth-order valence-electron chi connectivity index (χ4n) is 4.12. The molecule has 0 bridgehead atoms. The average molecular weight is 482 g/mol. The summed E-state index contributed by atoms with van der Waals surface area (Å²) in [5, 5.41) is -0.0700. The van der Waals surface area contributed by atoms with E-state index >= 15 is 0 Å². The van der Waals surface area contributed by atoms with Gasteiger partial charge in [-0.3, -0.25) is 4.79 Å². The van der Waals surface area contributed by atoms with E-state index in [1.165, 1.54) is 25.2 Å². The number of anilines is 1. The Morgan fingerprint density at radius 1 is 1.22 bits per heavy atom. The zero-order valence-corrected chi connectivity index (χ0v) is 19.2. The number of likely N-dealkylation sites (N-methyl/N-ethyl adjacent to an activating group) is 1. The number of Topliss-reactive ketones (excluding diaryl/α,β-unsaturated/α-hetero) is 1. The molecule has 4 rings (SSSR count). The SMILES string of the molecule is CN1[C@H](C(=O)Cc2ccc(F)c(Cl)c2)C[C@H](c2cccc(N3CCOCC3)c2)NS1(=O)=O. The average Bonchev–Trinajstić information content (AvgIpc) is 2.78. The topological polar surface area (TPSA) is 79.0 Å². The standard InChI is InChI=1S/C22H25ClFN3O4S/c1-26-21(22(28)12-15-5-6-19(24)18(23)11-15)14-20(25-32(26,29)30)16-3-2-4-17(13-16)27-7-9-31-10-8-27/h2-6,11,13,20-21,25H,7-10,12,14H2,1H3/t20-,21+/m1/s1. The summed E-state index contributed by atoms with van der Waals surface area (Å²) in [5.41, 5.74) is 2.33. The Morgan fingerprint density at radius 2 is 1.97 bits per heavy atom. The first-order chi connectivity index (χ1) is 15.2. The van der Waals surface area contributed by atoms with Gasteiger partial charge >= 0.3 is 0 Å². The Morgan fingerprint density at radius 3 is 2.69 bits per heavy atom. The molecule has 0 aromatic heterocycles. The summed E-state index contributed by atoms with van der Waals surface area (Å²) < 4.78 is 48.2. The van der Waals surface area contributed by atoms with E-state index in [1.807, 2.05) is 24.3 Å². The van der Waals surface area contributed by atoms with Crippen LogP contribution < -0.4 is 9.62 Å². The number of ether oxygens (including phenoxy) is 1. The number of halogens is 2. The van der Waals surface area contributed by atoms with E-state index in [9.17, 15) is 17.6 Å². The van der Waals surface area contributed by atoms with Gasteiger partial charge in [0.2, 0.25) is 0 Å². The van der Waals surface area contributed by atoms with E-state index in [0.29, 0.717) is 18.8 Å². The fraction of sp³-hybridized carbons (Fsp3) is 0.409. The minimum atomic E-state index is -3.86. The van der Waals surface area contributed by atoms with Crippen LogP contribution in [0.4, 0.5) is 10.1 Å². The summed E-state index contributed by atoms with van der Waals surface area (Å²) in [6.45, 7) is 2.83. The molecule has 32 heavy (non-hydrogen) atoms. The minimum absolute atomic E-state index is 0.0366. The van der Waals surface area contributed by atoms with Crippen LogP contribution in [0.2, 0.25) is 5.02 Å². The van der Waals surface area contributed by atoms with E-state index in [-0.39, 0.29) is 23.6 Å². The summed E-state index contributed by atoms with van der Waals surface area (Å²) in [5.74, 6) is -0.834. The van der Waals surface area contributed by atoms with E-state index in [2.05, 4.69) is 9.62 Å². The number of ketones is 1. The molecule has 2 aliphatic heterocycles. The lowest BCUT2D eigenvalue weighted by Gasteiger charge is -2.37. The number of hydrogen-bond acceptors (Lipinski definition) is 5. The Balaban J connectivity index is 1.56. The van der Waals surface area contributed by atoms with Gasteiger partial charge in [0.15, 0.2) is 5.78 Å². The molecule has 0 unspecified atom stereocenters. The van der Waals surface area contributed by atoms with Crippen LogP contribution in [-0.4, -0.2) is 57.9 Å². The van der Waals surface area contributed by atoms with Gasteiger partial charge in [-0.15, -0.1) is 0 Å². The van der Waals surface area contributed by atoms with Gasteiger partial charge in [-0.25, -0.2) is 4.39 Å². The highest BCUT2D eigenvalue weighted by atomic mass is 35.5. The molecule has 10 heteroatoms. The molecule has 2 heterocycles. The predicted molar refractivity (Wildman–Crippen MR) is 121 cm³/mol. The Kier molecular flexibility index (Phi) is 6.83. The quantitative estimate of drug-likeness (QED) is 0.710. The van der Waals surface area contributed by atoms with Crippen LogP contribution in [-0.2, 0) is 26.2 Å². The summed E-state index contributed by atoms with van der Waals surface area (Å²) >= 11 is 5.82. The number of hydrogen-bond donors (Lipinski definition) is 1. The first-order valence-corrected chi connectivity index (χ1v) is 12.2. The zero-order chi connectivity index (χ0) is 22.9. The summed E-state index contributed by atoms with van der Waals surface area (Å²) in [6.07, 6.45) is 0.251. The number of rotatable bonds is 5. The van der Waals surface area contributed by atoms with Crippen molar-refractivity contribution < 1.29 is 22.3 Å². The van der Waals surface area contributed by atoms with Crippen molar-refractivity contribution in [2.24, 2.45) is 0 Å². The highest BCUT2D eigenvalue weighted by Crippen LogP contribution is 2.31. The van der Waals surface area contributed by atoms with Crippen LogP contribution in [0.5, 0.6) is 0 Å². The summed E-state index contributed by atoms with van der Waals surface area (Å²) in [4.78, 5) is 15.3. The Hall–Kier alpha value is -2.04. The molecule has 1 N–H and O–H groups in total. The molecule has 2 aliphatic rings. The van der Waals surface area contributed by atoms with Gasteiger partial charge < -0.3 is 9.64 Å². The molecule has 2 aromatic carbocycles.